The minimum Gasteiger partial charge on any atom is -0.343 e. The van der Waals surface area contributed by atoms with Gasteiger partial charge in [0.15, 0.2) is 0 Å². The molecule has 1 saturated carbocycles. The lowest BCUT2D eigenvalue weighted by Gasteiger charge is -2.31. The van der Waals surface area contributed by atoms with Crippen LogP contribution in [0.25, 0.3) is 0 Å². The Bertz CT molecular complexity index is 683. The number of halogens is 1. The van der Waals surface area contributed by atoms with Gasteiger partial charge in [0, 0.05) is 30.5 Å². The number of carbonyl (C=O) groups excluding carboxylic acids is 3. The number of amides is 3. The number of hydrogen-bond acceptors (Lipinski definition) is 3. The Morgan fingerprint density at radius 2 is 1.83 bits per heavy atom. The van der Waals surface area contributed by atoms with Crippen LogP contribution in [0.3, 0.4) is 0 Å². The second kappa shape index (κ2) is 7.05. The van der Waals surface area contributed by atoms with Crippen LogP contribution in [-0.4, -0.2) is 47.2 Å². The van der Waals surface area contributed by atoms with E-state index < -0.39 is 0 Å². The molecule has 24 heavy (non-hydrogen) atoms. The largest absolute Gasteiger partial charge is 0.343 e. The zero-order valence-corrected chi connectivity index (χ0v) is 15.3. The van der Waals surface area contributed by atoms with Crippen molar-refractivity contribution in [2.75, 3.05) is 13.6 Å². The van der Waals surface area contributed by atoms with Gasteiger partial charge in [0.2, 0.25) is 5.91 Å². The van der Waals surface area contributed by atoms with Crippen molar-refractivity contribution < 1.29 is 14.4 Å². The van der Waals surface area contributed by atoms with E-state index in [0.29, 0.717) is 17.2 Å². The SMILES string of the molecule is CN(C(=O)CCN1C(=O)c2ccc(Br)cc2C1=O)C1CCCCC1. The van der Waals surface area contributed by atoms with Crippen LogP contribution in [0.4, 0.5) is 0 Å². The van der Waals surface area contributed by atoms with Gasteiger partial charge in [0.25, 0.3) is 11.8 Å². The fraction of sp³-hybridized carbons (Fsp3) is 0.500. The van der Waals surface area contributed by atoms with E-state index in [1.807, 2.05) is 7.05 Å². The van der Waals surface area contributed by atoms with Crippen molar-refractivity contribution in [3.05, 3.63) is 33.8 Å². The van der Waals surface area contributed by atoms with E-state index in [1.54, 1.807) is 23.1 Å². The number of fused-ring (bicyclic) bond motifs is 1. The number of hydrogen-bond donors (Lipinski definition) is 0. The standard InChI is InChI=1S/C18H21BrN2O3/c1-20(13-5-3-2-4-6-13)16(22)9-10-21-17(23)14-8-7-12(19)11-15(14)18(21)24/h7-8,11,13H,2-6,9-10H2,1H3. The molecule has 0 unspecified atom stereocenters. The highest BCUT2D eigenvalue weighted by Gasteiger charge is 2.36. The molecule has 0 N–H and O–H groups in total. The highest BCUT2D eigenvalue weighted by molar-refractivity contribution is 9.10. The van der Waals surface area contributed by atoms with E-state index in [4.69, 9.17) is 0 Å². The highest BCUT2D eigenvalue weighted by atomic mass is 79.9. The highest BCUT2D eigenvalue weighted by Crippen LogP contribution is 2.26. The molecule has 1 aromatic carbocycles. The van der Waals surface area contributed by atoms with Crippen LogP contribution in [0.2, 0.25) is 0 Å². The lowest BCUT2D eigenvalue weighted by atomic mass is 9.94. The lowest BCUT2D eigenvalue weighted by molar-refractivity contribution is -0.132. The molecular formula is C18H21BrN2O3. The molecule has 3 rings (SSSR count). The van der Waals surface area contributed by atoms with E-state index in [1.165, 1.54) is 11.3 Å². The van der Waals surface area contributed by atoms with Crippen LogP contribution >= 0.6 is 15.9 Å². The Hall–Kier alpha value is -1.69. The van der Waals surface area contributed by atoms with Gasteiger partial charge >= 0.3 is 0 Å². The predicted octanol–water partition coefficient (Wildman–Crippen LogP) is 3.23. The topological polar surface area (TPSA) is 57.7 Å². The molecule has 0 aromatic heterocycles. The summed E-state index contributed by atoms with van der Waals surface area (Å²) in [7, 11) is 1.83. The monoisotopic (exact) mass is 392 g/mol. The van der Waals surface area contributed by atoms with Crippen LogP contribution in [0.1, 0.15) is 59.2 Å². The third-order valence-electron chi connectivity index (χ3n) is 5.00. The van der Waals surface area contributed by atoms with E-state index in [-0.39, 0.29) is 30.7 Å². The first kappa shape index (κ1) is 17.1. The maximum Gasteiger partial charge on any atom is 0.261 e. The Kier molecular flexibility index (Phi) is 5.04. The lowest BCUT2D eigenvalue weighted by Crippen LogP contribution is -2.40. The number of nitrogens with zero attached hydrogens (tertiary/aromatic N) is 2. The maximum absolute atomic E-state index is 12.4. The minimum absolute atomic E-state index is 0.000336. The van der Waals surface area contributed by atoms with Gasteiger partial charge in [-0.1, -0.05) is 35.2 Å². The van der Waals surface area contributed by atoms with Crippen LogP contribution in [-0.2, 0) is 4.79 Å². The Morgan fingerprint density at radius 3 is 2.54 bits per heavy atom. The van der Waals surface area contributed by atoms with Gasteiger partial charge in [-0.25, -0.2) is 0 Å². The Balaban J connectivity index is 1.62. The molecule has 0 spiro atoms. The number of carbonyl (C=O) groups is 3. The van der Waals surface area contributed by atoms with Gasteiger partial charge in [-0.2, -0.15) is 0 Å². The second-order valence-corrected chi connectivity index (χ2v) is 7.41. The minimum atomic E-state index is -0.315. The third kappa shape index (κ3) is 3.24. The van der Waals surface area contributed by atoms with Crippen LogP contribution in [0.5, 0.6) is 0 Å². The molecule has 5 nitrogen and oxygen atoms in total. The number of imide groups is 1. The van der Waals surface area contributed by atoms with E-state index in [2.05, 4.69) is 15.9 Å². The molecule has 0 bridgehead atoms. The molecule has 0 saturated heterocycles. The molecule has 0 atom stereocenters. The van der Waals surface area contributed by atoms with E-state index >= 15 is 0 Å². The molecular weight excluding hydrogens is 372 g/mol. The Labute approximate surface area is 150 Å². The van der Waals surface area contributed by atoms with Crippen LogP contribution in [0, 0.1) is 0 Å². The molecule has 1 fully saturated rings. The van der Waals surface area contributed by atoms with Gasteiger partial charge < -0.3 is 4.90 Å². The maximum atomic E-state index is 12.4. The molecule has 1 heterocycles. The predicted molar refractivity (Wildman–Crippen MR) is 93.8 cm³/mol. The van der Waals surface area contributed by atoms with Gasteiger partial charge in [-0.3, -0.25) is 19.3 Å². The number of rotatable bonds is 4. The van der Waals surface area contributed by atoms with E-state index in [0.717, 1.165) is 30.2 Å². The summed E-state index contributed by atoms with van der Waals surface area (Å²) in [6, 6.07) is 5.35. The van der Waals surface area contributed by atoms with Gasteiger partial charge in [0.05, 0.1) is 11.1 Å². The molecule has 3 amide bonds. The fourth-order valence-electron chi connectivity index (χ4n) is 3.52. The first-order valence-corrected chi connectivity index (χ1v) is 9.19. The zero-order chi connectivity index (χ0) is 17.3. The van der Waals surface area contributed by atoms with Gasteiger partial charge in [0.1, 0.15) is 0 Å². The van der Waals surface area contributed by atoms with Crippen molar-refractivity contribution in [2.45, 2.75) is 44.6 Å². The number of benzene rings is 1. The smallest absolute Gasteiger partial charge is 0.261 e. The van der Waals surface area contributed by atoms with Crippen LogP contribution in [0.15, 0.2) is 22.7 Å². The molecule has 1 aliphatic heterocycles. The molecule has 6 heteroatoms. The third-order valence-corrected chi connectivity index (χ3v) is 5.49. The molecule has 2 aliphatic rings. The van der Waals surface area contributed by atoms with Crippen molar-refractivity contribution in [3.8, 4) is 0 Å². The zero-order valence-electron chi connectivity index (χ0n) is 13.8. The summed E-state index contributed by atoms with van der Waals surface area (Å²) in [5.74, 6) is -0.625. The summed E-state index contributed by atoms with van der Waals surface area (Å²) >= 11 is 3.31. The summed E-state index contributed by atoms with van der Waals surface area (Å²) in [6.45, 7) is 0.139. The quantitative estimate of drug-likeness (QED) is 0.739. The summed E-state index contributed by atoms with van der Waals surface area (Å²) in [5.41, 5.74) is 0.818. The summed E-state index contributed by atoms with van der Waals surface area (Å²) < 4.78 is 0.761. The van der Waals surface area contributed by atoms with Crippen molar-refractivity contribution in [1.29, 1.82) is 0 Å². The first-order chi connectivity index (χ1) is 11.5. The molecule has 1 aromatic rings. The fourth-order valence-corrected chi connectivity index (χ4v) is 3.88. The second-order valence-electron chi connectivity index (χ2n) is 6.50. The summed E-state index contributed by atoms with van der Waals surface area (Å²) in [5, 5.41) is 0. The van der Waals surface area contributed by atoms with Crippen molar-refractivity contribution in [1.82, 2.24) is 9.80 Å². The normalized spacial score (nSPS) is 18.0. The Morgan fingerprint density at radius 1 is 1.17 bits per heavy atom. The van der Waals surface area contributed by atoms with Crippen molar-refractivity contribution in [2.24, 2.45) is 0 Å². The van der Waals surface area contributed by atoms with E-state index in [9.17, 15) is 14.4 Å². The molecule has 128 valence electrons. The summed E-state index contributed by atoms with van der Waals surface area (Å²) in [4.78, 5) is 40.2. The molecule has 0 radical (unpaired) electrons. The van der Waals surface area contributed by atoms with Crippen molar-refractivity contribution in [3.63, 3.8) is 0 Å². The van der Waals surface area contributed by atoms with Gasteiger partial charge in [-0.15, -0.1) is 0 Å². The first-order valence-electron chi connectivity index (χ1n) is 8.40. The average molecular weight is 393 g/mol. The summed E-state index contributed by atoms with van der Waals surface area (Å²) in [6.07, 6.45) is 5.83. The van der Waals surface area contributed by atoms with Gasteiger partial charge in [-0.05, 0) is 31.0 Å². The van der Waals surface area contributed by atoms with Crippen molar-refractivity contribution >= 4 is 33.7 Å². The molecule has 1 aliphatic carbocycles. The average Bonchev–Trinajstić information content (AvgIpc) is 2.83. The van der Waals surface area contributed by atoms with Crippen LogP contribution < -0.4 is 0 Å².